The number of amides is 3. The lowest BCUT2D eigenvalue weighted by Crippen LogP contribution is -2.47. The van der Waals surface area contributed by atoms with Crippen LogP contribution >= 0.6 is 0 Å². The molecule has 1 aliphatic heterocycles. The van der Waals surface area contributed by atoms with Gasteiger partial charge < -0.3 is 5.32 Å². The van der Waals surface area contributed by atoms with Gasteiger partial charge in [-0.15, -0.1) is 6.42 Å². The van der Waals surface area contributed by atoms with Gasteiger partial charge in [0.1, 0.15) is 5.54 Å². The number of nitrogens with zero attached hydrogens (tertiary/aromatic N) is 1. The van der Waals surface area contributed by atoms with E-state index in [4.69, 9.17) is 6.42 Å². The van der Waals surface area contributed by atoms with E-state index in [0.29, 0.717) is 0 Å². The molecule has 2 rings (SSSR count). The second kappa shape index (κ2) is 4.79. The van der Waals surface area contributed by atoms with Gasteiger partial charge in [-0.3, -0.25) is 9.69 Å². The van der Waals surface area contributed by atoms with E-state index in [1.165, 1.54) is 11.3 Å². The molecule has 0 atom stereocenters. The Hall–Kier alpha value is -1.50. The Morgan fingerprint density at radius 3 is 2.35 bits per heavy atom. The van der Waals surface area contributed by atoms with E-state index in [1.54, 1.807) is 0 Å². The molecule has 1 aliphatic carbocycles. The van der Waals surface area contributed by atoms with Crippen LogP contribution < -0.4 is 5.32 Å². The van der Waals surface area contributed by atoms with Crippen LogP contribution in [-0.4, -0.2) is 28.9 Å². The van der Waals surface area contributed by atoms with Crippen molar-refractivity contribution < 1.29 is 9.59 Å². The van der Waals surface area contributed by atoms with Crippen molar-refractivity contribution in [2.24, 2.45) is 0 Å². The average Bonchev–Trinajstić information content (AvgIpc) is 2.50. The summed E-state index contributed by atoms with van der Waals surface area (Å²) in [6, 6.07) is -0.325. The molecule has 92 valence electrons. The molecular weight excluding hydrogens is 216 g/mol. The zero-order chi connectivity index (χ0) is 12.3. The standard InChI is InChI=1S/C13H18N2O2/c1-2-10-15-11(16)13(14-12(15)17)8-6-4-3-5-7-9-13/h1H,3-10H2,(H,14,17). The summed E-state index contributed by atoms with van der Waals surface area (Å²) in [5.41, 5.74) is -0.658. The number of carbonyl (C=O) groups excluding carboxylic acids is 2. The number of rotatable bonds is 1. The van der Waals surface area contributed by atoms with Crippen LogP contribution in [0.2, 0.25) is 0 Å². The van der Waals surface area contributed by atoms with Gasteiger partial charge in [0.25, 0.3) is 5.91 Å². The summed E-state index contributed by atoms with van der Waals surface area (Å²) in [5.74, 6) is 2.24. The lowest BCUT2D eigenvalue weighted by atomic mass is 9.84. The Morgan fingerprint density at radius 2 is 1.76 bits per heavy atom. The minimum Gasteiger partial charge on any atom is -0.323 e. The zero-order valence-electron chi connectivity index (χ0n) is 10.00. The second-order valence-corrected chi connectivity index (χ2v) is 4.88. The maximum Gasteiger partial charge on any atom is 0.325 e. The van der Waals surface area contributed by atoms with Crippen LogP contribution in [0.4, 0.5) is 4.79 Å². The van der Waals surface area contributed by atoms with Crippen LogP contribution in [0.1, 0.15) is 44.9 Å². The van der Waals surface area contributed by atoms with Gasteiger partial charge in [-0.25, -0.2) is 4.79 Å². The van der Waals surface area contributed by atoms with Gasteiger partial charge in [-0.2, -0.15) is 0 Å². The maximum absolute atomic E-state index is 12.3. The van der Waals surface area contributed by atoms with Gasteiger partial charge in [0.2, 0.25) is 0 Å². The summed E-state index contributed by atoms with van der Waals surface area (Å²) in [6.45, 7) is 0.0758. The second-order valence-electron chi connectivity index (χ2n) is 4.88. The van der Waals surface area contributed by atoms with E-state index in [-0.39, 0.29) is 18.5 Å². The molecule has 4 nitrogen and oxygen atoms in total. The molecule has 4 heteroatoms. The van der Waals surface area contributed by atoms with Gasteiger partial charge in [0.15, 0.2) is 0 Å². The fourth-order valence-electron chi connectivity index (χ4n) is 2.76. The first kappa shape index (κ1) is 12.0. The normalized spacial score (nSPS) is 24.1. The summed E-state index contributed by atoms with van der Waals surface area (Å²) in [6.07, 6.45) is 12.2. The van der Waals surface area contributed by atoms with Crippen LogP contribution in [0.25, 0.3) is 0 Å². The molecule has 1 saturated heterocycles. The molecule has 0 radical (unpaired) electrons. The van der Waals surface area contributed by atoms with E-state index >= 15 is 0 Å². The summed E-state index contributed by atoms with van der Waals surface area (Å²) >= 11 is 0. The Balaban J connectivity index is 2.17. The van der Waals surface area contributed by atoms with Crippen LogP contribution in [0, 0.1) is 12.3 Å². The highest BCUT2D eigenvalue weighted by Gasteiger charge is 2.49. The molecule has 0 aromatic rings. The van der Waals surface area contributed by atoms with Gasteiger partial charge in [0.05, 0.1) is 6.54 Å². The number of hydrogen-bond donors (Lipinski definition) is 1. The number of carbonyl (C=O) groups is 2. The van der Waals surface area contributed by atoms with Crippen LogP contribution in [0.3, 0.4) is 0 Å². The summed E-state index contributed by atoms with van der Waals surface area (Å²) in [7, 11) is 0. The smallest absolute Gasteiger partial charge is 0.323 e. The van der Waals surface area contributed by atoms with Crippen molar-refractivity contribution in [2.75, 3.05) is 6.54 Å². The molecule has 2 aliphatic rings. The molecule has 1 saturated carbocycles. The highest BCUT2D eigenvalue weighted by Crippen LogP contribution is 2.31. The quantitative estimate of drug-likeness (QED) is 0.554. The highest BCUT2D eigenvalue weighted by atomic mass is 16.2. The first-order chi connectivity index (χ1) is 8.19. The van der Waals surface area contributed by atoms with E-state index < -0.39 is 5.54 Å². The highest BCUT2D eigenvalue weighted by molar-refractivity contribution is 6.07. The van der Waals surface area contributed by atoms with E-state index in [9.17, 15) is 9.59 Å². The fourth-order valence-corrected chi connectivity index (χ4v) is 2.76. The SMILES string of the molecule is C#CCN1C(=O)NC2(CCCCCCC2)C1=O. The Morgan fingerprint density at radius 1 is 1.18 bits per heavy atom. The van der Waals surface area contributed by atoms with Crippen LogP contribution in [0.15, 0.2) is 0 Å². The topological polar surface area (TPSA) is 49.4 Å². The van der Waals surface area contributed by atoms with Crippen molar-refractivity contribution in [3.63, 3.8) is 0 Å². The van der Waals surface area contributed by atoms with Crippen LogP contribution in [0.5, 0.6) is 0 Å². The Bertz CT molecular complexity index is 362. The lowest BCUT2D eigenvalue weighted by molar-refractivity contribution is -0.131. The van der Waals surface area contributed by atoms with Gasteiger partial charge in [-0.1, -0.05) is 38.0 Å². The molecule has 0 bridgehead atoms. The summed E-state index contributed by atoms with van der Waals surface area (Å²) in [5, 5.41) is 2.86. The molecular formula is C13H18N2O2. The van der Waals surface area contributed by atoms with E-state index in [0.717, 1.165) is 38.5 Å². The number of imide groups is 1. The van der Waals surface area contributed by atoms with Crippen molar-refractivity contribution in [2.45, 2.75) is 50.5 Å². The van der Waals surface area contributed by atoms with Gasteiger partial charge in [-0.05, 0) is 12.8 Å². The van der Waals surface area contributed by atoms with Crippen molar-refractivity contribution >= 4 is 11.9 Å². The monoisotopic (exact) mass is 234 g/mol. The maximum atomic E-state index is 12.3. The first-order valence-corrected chi connectivity index (χ1v) is 6.27. The largest absolute Gasteiger partial charge is 0.325 e. The van der Waals surface area contributed by atoms with Gasteiger partial charge >= 0.3 is 6.03 Å². The third-order valence-corrected chi connectivity index (χ3v) is 3.70. The van der Waals surface area contributed by atoms with Crippen LogP contribution in [-0.2, 0) is 4.79 Å². The number of nitrogens with one attached hydrogen (secondary N) is 1. The molecule has 1 spiro atoms. The first-order valence-electron chi connectivity index (χ1n) is 6.27. The Labute approximate surface area is 102 Å². The van der Waals surface area contributed by atoms with Gasteiger partial charge in [0, 0.05) is 0 Å². The molecule has 1 heterocycles. The van der Waals surface area contributed by atoms with Crippen molar-refractivity contribution in [1.29, 1.82) is 0 Å². The molecule has 17 heavy (non-hydrogen) atoms. The van der Waals surface area contributed by atoms with E-state index in [2.05, 4.69) is 11.2 Å². The van der Waals surface area contributed by atoms with Crippen molar-refractivity contribution in [3.05, 3.63) is 0 Å². The molecule has 0 aromatic carbocycles. The minimum absolute atomic E-state index is 0.0758. The van der Waals surface area contributed by atoms with E-state index in [1.807, 2.05) is 0 Å². The number of urea groups is 1. The molecule has 0 unspecified atom stereocenters. The van der Waals surface area contributed by atoms with Crippen molar-refractivity contribution in [3.8, 4) is 12.3 Å². The van der Waals surface area contributed by atoms with Crippen molar-refractivity contribution in [1.82, 2.24) is 10.2 Å². The number of terminal acetylenes is 1. The lowest BCUT2D eigenvalue weighted by Gasteiger charge is -2.28. The zero-order valence-corrected chi connectivity index (χ0v) is 10.00. The molecule has 2 fully saturated rings. The Kier molecular flexibility index (Phi) is 3.37. The predicted octanol–water partition coefficient (Wildman–Crippen LogP) is 1.65. The summed E-state index contributed by atoms with van der Waals surface area (Å²) < 4.78 is 0. The molecule has 3 amide bonds. The molecule has 1 N–H and O–H groups in total. The predicted molar refractivity (Wildman–Crippen MR) is 64.1 cm³/mol. The number of hydrogen-bond acceptors (Lipinski definition) is 2. The fraction of sp³-hybridized carbons (Fsp3) is 0.692. The third-order valence-electron chi connectivity index (χ3n) is 3.70. The average molecular weight is 234 g/mol. The minimum atomic E-state index is -0.658. The summed E-state index contributed by atoms with van der Waals surface area (Å²) in [4.78, 5) is 25.2. The third kappa shape index (κ3) is 2.14. The molecule has 0 aromatic heterocycles.